The lowest BCUT2D eigenvalue weighted by atomic mass is 10.1. The fourth-order valence-corrected chi connectivity index (χ4v) is 1.06. The molecule has 0 heterocycles. The van der Waals surface area contributed by atoms with E-state index in [1.807, 2.05) is 0 Å². The lowest BCUT2D eigenvalue weighted by Crippen LogP contribution is -2.32. The molecule has 16 heavy (non-hydrogen) atoms. The molecule has 0 bridgehead atoms. The van der Waals surface area contributed by atoms with E-state index in [-0.39, 0.29) is 42.7 Å². The fraction of sp³-hybridized carbons (Fsp3) is 0.222. The van der Waals surface area contributed by atoms with Crippen molar-refractivity contribution in [2.24, 2.45) is 5.73 Å². The summed E-state index contributed by atoms with van der Waals surface area (Å²) in [5.41, 5.74) is 11.6. The van der Waals surface area contributed by atoms with Gasteiger partial charge in [0.2, 0.25) is 0 Å². The minimum Gasteiger partial charge on any atom is -0.506 e. The van der Waals surface area contributed by atoms with E-state index < -0.39 is 12.0 Å². The van der Waals surface area contributed by atoms with Crippen LogP contribution in [0.1, 0.15) is 5.56 Å². The van der Waals surface area contributed by atoms with Gasteiger partial charge >= 0.3 is 5.97 Å². The van der Waals surface area contributed by atoms with E-state index in [2.05, 4.69) is 0 Å². The van der Waals surface area contributed by atoms with Crippen LogP contribution in [-0.2, 0) is 11.2 Å². The van der Waals surface area contributed by atoms with Crippen molar-refractivity contribution < 1.29 is 15.0 Å². The molecule has 0 aliphatic heterocycles. The van der Waals surface area contributed by atoms with E-state index in [1.54, 1.807) is 6.07 Å². The number of anilines is 1. The Morgan fingerprint density at radius 3 is 2.38 bits per heavy atom. The zero-order valence-electron chi connectivity index (χ0n) is 8.29. The average molecular weight is 269 g/mol. The maximum Gasteiger partial charge on any atom is 0.320 e. The maximum atomic E-state index is 10.4. The number of hydrogen-bond donors (Lipinski definition) is 4. The van der Waals surface area contributed by atoms with Gasteiger partial charge in [0.1, 0.15) is 11.8 Å². The Bertz CT molecular complexity index is 361. The van der Waals surface area contributed by atoms with Gasteiger partial charge in [-0.2, -0.15) is 0 Å². The van der Waals surface area contributed by atoms with Crippen LogP contribution >= 0.6 is 24.8 Å². The number of rotatable bonds is 3. The molecule has 0 aliphatic carbocycles. The molecule has 0 saturated carbocycles. The average Bonchev–Trinajstić information content (AvgIpc) is 2.11. The minimum atomic E-state index is -1.07. The summed E-state index contributed by atoms with van der Waals surface area (Å²) in [5, 5.41) is 17.8. The van der Waals surface area contributed by atoms with Crippen LogP contribution in [-0.4, -0.2) is 22.2 Å². The number of aromatic hydroxyl groups is 1. The van der Waals surface area contributed by atoms with Crippen LogP contribution < -0.4 is 11.5 Å². The first-order chi connectivity index (χ1) is 6.50. The number of nitrogen functional groups attached to an aromatic ring is 1. The molecule has 0 spiro atoms. The van der Waals surface area contributed by atoms with Crippen LogP contribution in [0.25, 0.3) is 0 Å². The van der Waals surface area contributed by atoms with Gasteiger partial charge in [0.05, 0.1) is 5.69 Å². The molecule has 1 aromatic rings. The highest BCUT2D eigenvalue weighted by atomic mass is 35.5. The molecule has 0 aliphatic rings. The van der Waals surface area contributed by atoms with Gasteiger partial charge < -0.3 is 21.7 Å². The Morgan fingerprint density at radius 1 is 1.38 bits per heavy atom. The fourth-order valence-electron chi connectivity index (χ4n) is 1.06. The molecule has 6 N–H and O–H groups in total. The van der Waals surface area contributed by atoms with Gasteiger partial charge in [0, 0.05) is 0 Å². The van der Waals surface area contributed by atoms with Gasteiger partial charge in [-0.15, -0.1) is 24.8 Å². The second-order valence-corrected chi connectivity index (χ2v) is 3.04. The van der Waals surface area contributed by atoms with Crippen molar-refractivity contribution >= 4 is 36.5 Å². The zero-order valence-corrected chi connectivity index (χ0v) is 9.92. The Morgan fingerprint density at radius 2 is 1.94 bits per heavy atom. The molecule has 1 unspecified atom stereocenters. The summed E-state index contributed by atoms with van der Waals surface area (Å²) in [7, 11) is 0. The van der Waals surface area contributed by atoms with Gasteiger partial charge in [-0.05, 0) is 24.1 Å². The third-order valence-corrected chi connectivity index (χ3v) is 1.87. The zero-order chi connectivity index (χ0) is 10.7. The summed E-state index contributed by atoms with van der Waals surface area (Å²) in [6.45, 7) is 0. The quantitative estimate of drug-likeness (QED) is 0.478. The molecule has 0 radical (unpaired) electrons. The van der Waals surface area contributed by atoms with Crippen LogP contribution in [0.5, 0.6) is 5.75 Å². The van der Waals surface area contributed by atoms with Crippen LogP contribution in [0.3, 0.4) is 0 Å². The number of carboxylic acids is 1. The highest BCUT2D eigenvalue weighted by Gasteiger charge is 2.12. The van der Waals surface area contributed by atoms with Gasteiger partial charge in [-0.25, -0.2) is 0 Å². The highest BCUT2D eigenvalue weighted by Crippen LogP contribution is 2.21. The third kappa shape index (κ3) is 4.57. The SMILES string of the molecule is Cl.Cl.Nc1ccc(CC(N)C(=O)O)cc1O. The maximum absolute atomic E-state index is 10.4. The smallest absolute Gasteiger partial charge is 0.320 e. The number of carbonyl (C=O) groups is 1. The van der Waals surface area contributed by atoms with Crippen molar-refractivity contribution in [1.82, 2.24) is 0 Å². The standard InChI is InChI=1S/C9H12N2O3.2ClH/c10-6-2-1-5(4-8(6)12)3-7(11)9(13)14;;/h1-2,4,7,12H,3,10-11H2,(H,13,14);2*1H. The highest BCUT2D eigenvalue weighted by molar-refractivity contribution is 5.85. The third-order valence-electron chi connectivity index (χ3n) is 1.87. The summed E-state index contributed by atoms with van der Waals surface area (Å²) >= 11 is 0. The number of phenols is 1. The second-order valence-electron chi connectivity index (χ2n) is 3.04. The predicted octanol–water partition coefficient (Wildman–Crippen LogP) is 0.772. The minimum absolute atomic E-state index is 0. The number of halogens is 2. The topological polar surface area (TPSA) is 110 Å². The van der Waals surface area contributed by atoms with Crippen molar-refractivity contribution in [3.8, 4) is 5.75 Å². The molecular formula is C9H14Cl2N2O3. The molecule has 0 fully saturated rings. The number of aliphatic carboxylic acids is 1. The molecule has 0 amide bonds. The Labute approximate surface area is 105 Å². The van der Waals surface area contributed by atoms with E-state index in [0.29, 0.717) is 5.56 Å². The number of nitrogens with two attached hydrogens (primary N) is 2. The van der Waals surface area contributed by atoms with Crippen molar-refractivity contribution in [1.29, 1.82) is 0 Å². The first-order valence-electron chi connectivity index (χ1n) is 4.06. The van der Waals surface area contributed by atoms with Gasteiger partial charge in [0.15, 0.2) is 0 Å². The van der Waals surface area contributed by atoms with E-state index in [1.165, 1.54) is 12.1 Å². The monoisotopic (exact) mass is 268 g/mol. The van der Waals surface area contributed by atoms with Crippen LogP contribution in [0.2, 0.25) is 0 Å². The molecule has 1 atom stereocenters. The summed E-state index contributed by atoms with van der Waals surface area (Å²) in [6, 6.07) is 3.60. The molecular weight excluding hydrogens is 255 g/mol. The van der Waals surface area contributed by atoms with Crippen molar-refractivity contribution in [2.75, 3.05) is 5.73 Å². The van der Waals surface area contributed by atoms with Crippen molar-refractivity contribution in [3.63, 3.8) is 0 Å². The van der Waals surface area contributed by atoms with Gasteiger partial charge in [-0.3, -0.25) is 4.79 Å². The molecule has 1 rings (SSSR count). The first kappa shape index (κ1) is 17.2. The van der Waals surface area contributed by atoms with Gasteiger partial charge in [-0.1, -0.05) is 6.07 Å². The van der Waals surface area contributed by atoms with Crippen molar-refractivity contribution in [2.45, 2.75) is 12.5 Å². The number of hydrogen-bond acceptors (Lipinski definition) is 4. The summed E-state index contributed by atoms with van der Waals surface area (Å²) in [4.78, 5) is 10.4. The Kier molecular flexibility index (Phi) is 7.71. The normalized spacial score (nSPS) is 10.8. The van der Waals surface area contributed by atoms with E-state index >= 15 is 0 Å². The first-order valence-corrected chi connectivity index (χ1v) is 4.06. The lowest BCUT2D eigenvalue weighted by molar-refractivity contribution is -0.138. The Hall–Kier alpha value is -1.17. The van der Waals surface area contributed by atoms with Crippen molar-refractivity contribution in [3.05, 3.63) is 23.8 Å². The summed E-state index contributed by atoms with van der Waals surface area (Å²) in [5.74, 6) is -1.12. The molecule has 1 aromatic carbocycles. The van der Waals surface area contributed by atoms with E-state index in [0.717, 1.165) is 0 Å². The number of benzene rings is 1. The number of carboxylic acid groups (broad SMARTS) is 1. The van der Waals surface area contributed by atoms with E-state index in [9.17, 15) is 9.90 Å². The van der Waals surface area contributed by atoms with Crippen LogP contribution in [0.15, 0.2) is 18.2 Å². The van der Waals surface area contributed by atoms with E-state index in [4.69, 9.17) is 16.6 Å². The van der Waals surface area contributed by atoms with Gasteiger partial charge in [0.25, 0.3) is 0 Å². The molecule has 0 saturated heterocycles. The largest absolute Gasteiger partial charge is 0.506 e. The van der Waals surface area contributed by atoms with Crippen LogP contribution in [0.4, 0.5) is 5.69 Å². The Balaban J connectivity index is 0. The molecule has 7 heteroatoms. The molecule has 92 valence electrons. The van der Waals surface area contributed by atoms with Crippen LogP contribution in [0, 0.1) is 0 Å². The summed E-state index contributed by atoms with van der Waals surface area (Å²) < 4.78 is 0. The molecule has 5 nitrogen and oxygen atoms in total. The predicted molar refractivity (Wildman–Crippen MR) is 66.3 cm³/mol. The lowest BCUT2D eigenvalue weighted by Gasteiger charge is -2.07. The molecule has 0 aromatic heterocycles. The summed E-state index contributed by atoms with van der Waals surface area (Å²) in [6.07, 6.45) is 0.170. The number of phenolic OH excluding ortho intramolecular Hbond substituents is 1. The second kappa shape index (κ2) is 7.16.